The van der Waals surface area contributed by atoms with Crippen LogP contribution in [-0.2, 0) is 11.0 Å². The number of halogens is 5. The van der Waals surface area contributed by atoms with E-state index in [2.05, 4.69) is 15.3 Å². The van der Waals surface area contributed by atoms with Crippen molar-refractivity contribution in [3.05, 3.63) is 52.8 Å². The second-order valence-corrected chi connectivity index (χ2v) is 6.98. The van der Waals surface area contributed by atoms with Crippen molar-refractivity contribution in [2.24, 2.45) is 5.92 Å². The summed E-state index contributed by atoms with van der Waals surface area (Å²) >= 11 is 5.66. The van der Waals surface area contributed by atoms with Crippen molar-refractivity contribution in [2.45, 2.75) is 18.8 Å². The van der Waals surface area contributed by atoms with E-state index in [9.17, 15) is 27.2 Å². The summed E-state index contributed by atoms with van der Waals surface area (Å²) in [7, 11) is 0. The number of amides is 2. The molecular formula is C18H15ClF4N4O2. The molecule has 154 valence electrons. The number of benzene rings is 1. The number of hydrogen-bond acceptors (Lipinski definition) is 4. The zero-order valence-electron chi connectivity index (χ0n) is 14.8. The van der Waals surface area contributed by atoms with E-state index in [1.165, 1.54) is 12.4 Å². The quantitative estimate of drug-likeness (QED) is 0.711. The lowest BCUT2D eigenvalue weighted by atomic mass is 10.1. The van der Waals surface area contributed by atoms with E-state index < -0.39 is 42.2 Å². The fourth-order valence-electron chi connectivity index (χ4n) is 2.60. The van der Waals surface area contributed by atoms with Crippen molar-refractivity contribution < 1.29 is 27.2 Å². The molecule has 1 N–H and O–H groups in total. The van der Waals surface area contributed by atoms with Crippen LogP contribution in [0.25, 0.3) is 0 Å². The predicted molar refractivity (Wildman–Crippen MR) is 96.0 cm³/mol. The normalized spacial score (nSPS) is 18.2. The number of nitrogens with one attached hydrogen (secondary N) is 1. The van der Waals surface area contributed by atoms with Crippen LogP contribution in [0.2, 0.25) is 5.02 Å². The molecule has 0 spiro atoms. The van der Waals surface area contributed by atoms with E-state index in [4.69, 9.17) is 11.6 Å². The summed E-state index contributed by atoms with van der Waals surface area (Å²) < 4.78 is 51.4. The first-order chi connectivity index (χ1) is 13.6. The summed E-state index contributed by atoms with van der Waals surface area (Å²) in [6, 6.07) is 3.61. The SMILES string of the molecule is O=C(CN(C[C@@H]1C[C@@H]1F)C(=O)c1ccc(C(F)(F)F)cc1)Nc1ncc(Cl)cn1. The lowest BCUT2D eigenvalue weighted by molar-refractivity contribution is -0.137. The number of anilines is 1. The maximum Gasteiger partial charge on any atom is 0.416 e. The summed E-state index contributed by atoms with van der Waals surface area (Å²) in [5.41, 5.74) is -0.936. The Hall–Kier alpha value is -2.75. The smallest absolute Gasteiger partial charge is 0.329 e. The predicted octanol–water partition coefficient (Wildman–Crippen LogP) is 3.59. The zero-order chi connectivity index (χ0) is 21.2. The Morgan fingerprint density at radius 1 is 1.17 bits per heavy atom. The summed E-state index contributed by atoms with van der Waals surface area (Å²) in [5.74, 6) is -1.75. The molecule has 11 heteroatoms. The van der Waals surface area contributed by atoms with Gasteiger partial charge in [-0.25, -0.2) is 14.4 Å². The summed E-state index contributed by atoms with van der Waals surface area (Å²) in [4.78, 5) is 33.7. The van der Waals surface area contributed by atoms with Crippen LogP contribution in [0.1, 0.15) is 22.3 Å². The van der Waals surface area contributed by atoms with Gasteiger partial charge in [0.25, 0.3) is 5.91 Å². The Bertz CT molecular complexity index is 890. The molecule has 1 aromatic carbocycles. The molecule has 2 atom stereocenters. The minimum Gasteiger partial charge on any atom is -0.329 e. The lowest BCUT2D eigenvalue weighted by Crippen LogP contribution is -2.39. The Labute approximate surface area is 167 Å². The third-order valence-electron chi connectivity index (χ3n) is 4.24. The molecular weight excluding hydrogens is 416 g/mol. The largest absolute Gasteiger partial charge is 0.416 e. The molecule has 6 nitrogen and oxygen atoms in total. The maximum absolute atomic E-state index is 13.3. The van der Waals surface area contributed by atoms with Gasteiger partial charge in [-0.2, -0.15) is 13.2 Å². The number of nitrogens with zero attached hydrogens (tertiary/aromatic N) is 3. The first-order valence-corrected chi connectivity index (χ1v) is 8.89. The highest BCUT2D eigenvalue weighted by atomic mass is 35.5. The lowest BCUT2D eigenvalue weighted by Gasteiger charge is -2.22. The molecule has 1 aromatic heterocycles. The van der Waals surface area contributed by atoms with Gasteiger partial charge in [0.2, 0.25) is 11.9 Å². The Morgan fingerprint density at radius 3 is 2.28 bits per heavy atom. The number of aromatic nitrogens is 2. The van der Waals surface area contributed by atoms with Crippen LogP contribution in [0.5, 0.6) is 0 Å². The molecule has 1 aliphatic carbocycles. The van der Waals surface area contributed by atoms with Crippen molar-refractivity contribution in [1.29, 1.82) is 0 Å². The molecule has 1 fully saturated rings. The molecule has 2 amide bonds. The highest BCUT2D eigenvalue weighted by molar-refractivity contribution is 6.30. The van der Waals surface area contributed by atoms with Crippen molar-refractivity contribution in [3.8, 4) is 0 Å². The molecule has 1 heterocycles. The highest BCUT2D eigenvalue weighted by Crippen LogP contribution is 2.35. The molecule has 29 heavy (non-hydrogen) atoms. The Kier molecular flexibility index (Phi) is 6.02. The van der Waals surface area contributed by atoms with Gasteiger partial charge >= 0.3 is 6.18 Å². The minimum atomic E-state index is -4.53. The average molecular weight is 431 g/mol. The molecule has 0 aliphatic heterocycles. The van der Waals surface area contributed by atoms with Crippen molar-refractivity contribution in [3.63, 3.8) is 0 Å². The molecule has 0 saturated heterocycles. The molecule has 3 rings (SSSR count). The van der Waals surface area contributed by atoms with Gasteiger partial charge < -0.3 is 4.90 Å². The van der Waals surface area contributed by atoms with E-state index >= 15 is 0 Å². The van der Waals surface area contributed by atoms with Crippen LogP contribution >= 0.6 is 11.6 Å². The van der Waals surface area contributed by atoms with Crippen LogP contribution in [0.15, 0.2) is 36.7 Å². The van der Waals surface area contributed by atoms with Gasteiger partial charge in [-0.3, -0.25) is 14.9 Å². The number of carbonyl (C=O) groups is 2. The number of rotatable bonds is 6. The Morgan fingerprint density at radius 2 is 1.76 bits per heavy atom. The summed E-state index contributed by atoms with van der Waals surface area (Å²) in [6.07, 6.45) is -2.80. The van der Waals surface area contributed by atoms with Gasteiger partial charge in [0.05, 0.1) is 23.0 Å². The molecule has 0 radical (unpaired) electrons. The van der Waals surface area contributed by atoms with E-state index in [-0.39, 0.29) is 29.5 Å². The monoisotopic (exact) mass is 430 g/mol. The van der Waals surface area contributed by atoms with Crippen LogP contribution < -0.4 is 5.32 Å². The molecule has 1 saturated carbocycles. The number of carbonyl (C=O) groups excluding carboxylic acids is 2. The van der Waals surface area contributed by atoms with Gasteiger partial charge in [0, 0.05) is 18.0 Å². The van der Waals surface area contributed by atoms with Crippen LogP contribution in [0.3, 0.4) is 0 Å². The first kappa shape index (κ1) is 21.0. The van der Waals surface area contributed by atoms with Crippen molar-refractivity contribution >= 4 is 29.4 Å². The summed E-state index contributed by atoms with van der Waals surface area (Å²) in [6.45, 7) is -0.467. The second kappa shape index (κ2) is 8.32. The van der Waals surface area contributed by atoms with E-state index in [1.54, 1.807) is 0 Å². The summed E-state index contributed by atoms with van der Waals surface area (Å²) in [5, 5.41) is 2.65. The maximum atomic E-state index is 13.3. The first-order valence-electron chi connectivity index (χ1n) is 8.51. The Balaban J connectivity index is 1.71. The van der Waals surface area contributed by atoms with Gasteiger partial charge in [-0.1, -0.05) is 11.6 Å². The van der Waals surface area contributed by atoms with Crippen molar-refractivity contribution in [1.82, 2.24) is 14.9 Å². The molecule has 2 aromatic rings. The van der Waals surface area contributed by atoms with Crippen LogP contribution in [0, 0.1) is 5.92 Å². The van der Waals surface area contributed by atoms with Gasteiger partial charge in [-0.05, 0) is 30.7 Å². The van der Waals surface area contributed by atoms with Crippen LogP contribution in [-0.4, -0.2) is 45.9 Å². The van der Waals surface area contributed by atoms with E-state index in [0.29, 0.717) is 0 Å². The van der Waals surface area contributed by atoms with Gasteiger partial charge in [-0.15, -0.1) is 0 Å². The molecule has 0 unspecified atom stereocenters. The third-order valence-corrected chi connectivity index (χ3v) is 4.44. The fraction of sp³-hybridized carbons (Fsp3) is 0.333. The average Bonchev–Trinajstić information content (AvgIpc) is 3.36. The molecule has 1 aliphatic rings. The number of alkyl halides is 4. The topological polar surface area (TPSA) is 75.2 Å². The number of hydrogen-bond donors (Lipinski definition) is 1. The van der Waals surface area contributed by atoms with Crippen LogP contribution in [0.4, 0.5) is 23.5 Å². The molecule has 0 bridgehead atoms. The minimum absolute atomic E-state index is 0.0314. The van der Waals surface area contributed by atoms with Crippen molar-refractivity contribution in [2.75, 3.05) is 18.4 Å². The van der Waals surface area contributed by atoms with Gasteiger partial charge in [0.1, 0.15) is 12.7 Å². The fourth-order valence-corrected chi connectivity index (χ4v) is 2.70. The van der Waals surface area contributed by atoms with Gasteiger partial charge in [0.15, 0.2) is 0 Å². The third kappa shape index (κ3) is 5.63. The standard InChI is InChI=1S/C18H15ClF4N4O2/c19-13-6-24-17(25-7-13)26-15(28)9-27(8-11-5-14(11)20)16(29)10-1-3-12(4-2-10)18(21,22)23/h1-4,6-7,11,14H,5,8-9H2,(H,24,25,26,28)/t11-,14-/m0/s1. The van der Waals surface area contributed by atoms with E-state index in [1.807, 2.05) is 0 Å². The second-order valence-electron chi connectivity index (χ2n) is 6.55. The highest BCUT2D eigenvalue weighted by Gasteiger charge is 2.40. The zero-order valence-corrected chi connectivity index (χ0v) is 15.5. The van der Waals surface area contributed by atoms with E-state index in [0.717, 1.165) is 29.2 Å².